The lowest BCUT2D eigenvalue weighted by Crippen LogP contribution is -2.21. The number of carbonyl (C=O) groups is 1. The van der Waals surface area contributed by atoms with Crippen molar-refractivity contribution in [1.29, 1.82) is 0 Å². The van der Waals surface area contributed by atoms with Gasteiger partial charge in [0.25, 0.3) is 5.56 Å². The Balaban J connectivity index is 2.80. The van der Waals surface area contributed by atoms with E-state index in [9.17, 15) is 18.0 Å². The van der Waals surface area contributed by atoms with Crippen LogP contribution in [0.15, 0.2) is 23.1 Å². The van der Waals surface area contributed by atoms with E-state index in [1.54, 1.807) is 0 Å². The van der Waals surface area contributed by atoms with E-state index < -0.39 is 15.8 Å². The molecule has 0 fully saturated rings. The highest BCUT2D eigenvalue weighted by molar-refractivity contribution is 7.90. The molecule has 0 saturated carbocycles. The smallest absolute Gasteiger partial charge is 0.337 e. The molecule has 0 aromatic carbocycles. The number of nitrogens with zero attached hydrogens (tertiary/aromatic N) is 1. The lowest BCUT2D eigenvalue weighted by Gasteiger charge is -2.05. The molecule has 0 unspecified atom stereocenters. The maximum atomic E-state index is 11.4. The van der Waals surface area contributed by atoms with Crippen LogP contribution in [0.2, 0.25) is 0 Å². The zero-order valence-electron chi connectivity index (χ0n) is 9.29. The third kappa shape index (κ3) is 4.39. The van der Waals surface area contributed by atoms with Crippen molar-refractivity contribution in [3.63, 3.8) is 0 Å². The van der Waals surface area contributed by atoms with Gasteiger partial charge in [-0.15, -0.1) is 0 Å². The molecule has 1 aromatic rings. The summed E-state index contributed by atoms with van der Waals surface area (Å²) < 4.78 is 23.0. The highest BCUT2D eigenvalue weighted by Gasteiger charge is 2.06. The number of carboxylic acids is 1. The van der Waals surface area contributed by atoms with E-state index in [-0.39, 0.29) is 29.8 Å². The highest BCUT2D eigenvalue weighted by atomic mass is 32.2. The largest absolute Gasteiger partial charge is 0.478 e. The van der Waals surface area contributed by atoms with Crippen LogP contribution in [-0.2, 0) is 16.4 Å². The van der Waals surface area contributed by atoms with Gasteiger partial charge < -0.3 is 9.67 Å². The molecule has 0 atom stereocenters. The average molecular weight is 259 g/mol. The van der Waals surface area contributed by atoms with Crippen LogP contribution in [-0.4, -0.2) is 36.1 Å². The predicted molar refractivity (Wildman–Crippen MR) is 62.0 cm³/mol. The molecule has 0 saturated heterocycles. The molecule has 0 aliphatic carbocycles. The first kappa shape index (κ1) is 13.4. The first-order chi connectivity index (χ1) is 7.79. The summed E-state index contributed by atoms with van der Waals surface area (Å²) in [6.45, 7) is 0.188. The second-order valence-corrected chi connectivity index (χ2v) is 6.00. The number of hydrogen-bond acceptors (Lipinski definition) is 4. The van der Waals surface area contributed by atoms with Gasteiger partial charge in [-0.25, -0.2) is 13.2 Å². The number of aromatic carboxylic acids is 1. The molecule has 1 N–H and O–H groups in total. The summed E-state index contributed by atoms with van der Waals surface area (Å²) in [6.07, 6.45) is 2.61. The Hall–Kier alpha value is -1.63. The van der Waals surface area contributed by atoms with Crippen molar-refractivity contribution < 1.29 is 18.3 Å². The zero-order valence-corrected chi connectivity index (χ0v) is 10.1. The van der Waals surface area contributed by atoms with E-state index >= 15 is 0 Å². The van der Waals surface area contributed by atoms with Gasteiger partial charge in [-0.3, -0.25) is 4.79 Å². The summed E-state index contributed by atoms with van der Waals surface area (Å²) in [7, 11) is -3.07. The SMILES string of the molecule is CS(=O)(=O)CCCn1cc(C(=O)O)ccc1=O. The van der Waals surface area contributed by atoms with Crippen LogP contribution in [0.5, 0.6) is 0 Å². The van der Waals surface area contributed by atoms with Crippen molar-refractivity contribution in [2.75, 3.05) is 12.0 Å². The number of aromatic nitrogens is 1. The Morgan fingerprint density at radius 2 is 2.06 bits per heavy atom. The van der Waals surface area contributed by atoms with Gasteiger partial charge in [0.2, 0.25) is 0 Å². The Morgan fingerprint density at radius 1 is 1.41 bits per heavy atom. The summed E-state index contributed by atoms with van der Waals surface area (Å²) in [5.41, 5.74) is -0.340. The van der Waals surface area contributed by atoms with Gasteiger partial charge in [0.05, 0.1) is 11.3 Å². The molecule has 0 radical (unpaired) electrons. The highest BCUT2D eigenvalue weighted by Crippen LogP contribution is 1.98. The molecule has 0 spiro atoms. The van der Waals surface area contributed by atoms with Crippen molar-refractivity contribution in [2.24, 2.45) is 0 Å². The molecule has 94 valence electrons. The van der Waals surface area contributed by atoms with E-state index in [0.29, 0.717) is 0 Å². The molecule has 0 bridgehead atoms. The summed E-state index contributed by atoms with van der Waals surface area (Å²) in [5.74, 6) is -1.15. The van der Waals surface area contributed by atoms with Crippen molar-refractivity contribution >= 4 is 15.8 Å². The van der Waals surface area contributed by atoms with Crippen LogP contribution in [0.1, 0.15) is 16.8 Å². The number of rotatable bonds is 5. The fourth-order valence-corrected chi connectivity index (χ4v) is 1.98. The molecule has 6 nitrogen and oxygen atoms in total. The fourth-order valence-electron chi connectivity index (χ4n) is 1.33. The standard InChI is InChI=1S/C10H13NO5S/c1-17(15,16)6-2-5-11-7-8(10(13)14)3-4-9(11)12/h3-4,7H,2,5-6H2,1H3,(H,13,14). The molecule has 1 rings (SSSR count). The lowest BCUT2D eigenvalue weighted by molar-refractivity contribution is 0.0695. The topological polar surface area (TPSA) is 93.4 Å². The number of hydrogen-bond donors (Lipinski definition) is 1. The predicted octanol–water partition coefficient (Wildman–Crippen LogP) is -0.0188. The molecule has 1 aromatic heterocycles. The van der Waals surface area contributed by atoms with E-state index in [4.69, 9.17) is 5.11 Å². The van der Waals surface area contributed by atoms with Crippen LogP contribution in [0.25, 0.3) is 0 Å². The molecule has 7 heteroatoms. The van der Waals surface area contributed by atoms with Crippen LogP contribution in [0.3, 0.4) is 0 Å². The van der Waals surface area contributed by atoms with Gasteiger partial charge in [-0.05, 0) is 12.5 Å². The Kier molecular flexibility index (Phi) is 4.06. The second-order valence-electron chi connectivity index (χ2n) is 3.74. The molecule has 0 aliphatic rings. The van der Waals surface area contributed by atoms with Crippen LogP contribution >= 0.6 is 0 Å². The summed E-state index contributed by atoms with van der Waals surface area (Å²) in [6, 6.07) is 2.38. The Bertz CT molecular complexity index is 573. The Labute approximate surface area is 98.4 Å². The fraction of sp³-hybridized carbons (Fsp3) is 0.400. The first-order valence-corrected chi connectivity index (χ1v) is 6.97. The van der Waals surface area contributed by atoms with E-state index in [1.165, 1.54) is 16.8 Å². The van der Waals surface area contributed by atoms with Crippen molar-refractivity contribution in [3.05, 3.63) is 34.2 Å². The van der Waals surface area contributed by atoms with Crippen molar-refractivity contribution in [3.8, 4) is 0 Å². The van der Waals surface area contributed by atoms with Gasteiger partial charge in [-0.1, -0.05) is 0 Å². The number of aryl methyl sites for hydroxylation is 1. The second kappa shape index (κ2) is 5.13. The normalized spacial score (nSPS) is 11.4. The third-order valence-electron chi connectivity index (χ3n) is 2.14. The maximum absolute atomic E-state index is 11.4. The third-order valence-corrected chi connectivity index (χ3v) is 3.17. The van der Waals surface area contributed by atoms with Gasteiger partial charge in [0, 0.05) is 25.1 Å². The number of carboxylic acid groups (broad SMARTS) is 1. The molecular formula is C10H13NO5S. The minimum absolute atomic E-state index is 0.00366. The van der Waals surface area contributed by atoms with Crippen LogP contribution in [0, 0.1) is 0 Å². The van der Waals surface area contributed by atoms with Gasteiger partial charge in [-0.2, -0.15) is 0 Å². The minimum atomic E-state index is -3.07. The van der Waals surface area contributed by atoms with Gasteiger partial charge in [0.1, 0.15) is 9.84 Å². The Morgan fingerprint density at radius 3 is 2.59 bits per heavy atom. The van der Waals surface area contributed by atoms with Gasteiger partial charge in [0.15, 0.2) is 0 Å². The quantitative estimate of drug-likeness (QED) is 0.802. The van der Waals surface area contributed by atoms with E-state index in [2.05, 4.69) is 0 Å². The van der Waals surface area contributed by atoms with Crippen LogP contribution < -0.4 is 5.56 Å². The number of pyridine rings is 1. The number of sulfone groups is 1. The summed E-state index contributed by atoms with van der Waals surface area (Å²) >= 11 is 0. The summed E-state index contributed by atoms with van der Waals surface area (Å²) in [5, 5.41) is 8.74. The lowest BCUT2D eigenvalue weighted by atomic mass is 10.3. The van der Waals surface area contributed by atoms with E-state index in [0.717, 1.165) is 12.3 Å². The summed E-state index contributed by atoms with van der Waals surface area (Å²) in [4.78, 5) is 22.1. The monoisotopic (exact) mass is 259 g/mol. The van der Waals surface area contributed by atoms with Crippen LogP contribution in [0.4, 0.5) is 0 Å². The van der Waals surface area contributed by atoms with Crippen molar-refractivity contribution in [1.82, 2.24) is 4.57 Å². The van der Waals surface area contributed by atoms with Crippen molar-refractivity contribution in [2.45, 2.75) is 13.0 Å². The molecule has 0 aliphatic heterocycles. The maximum Gasteiger partial charge on any atom is 0.337 e. The average Bonchev–Trinajstić information content (AvgIpc) is 2.18. The molecular weight excluding hydrogens is 246 g/mol. The zero-order chi connectivity index (χ0) is 13.1. The first-order valence-electron chi connectivity index (χ1n) is 4.91. The molecule has 17 heavy (non-hydrogen) atoms. The van der Waals surface area contributed by atoms with E-state index in [1.807, 2.05) is 0 Å². The molecule has 0 amide bonds. The minimum Gasteiger partial charge on any atom is -0.478 e. The molecule has 1 heterocycles. The van der Waals surface area contributed by atoms with Gasteiger partial charge >= 0.3 is 5.97 Å².